The van der Waals surface area contributed by atoms with E-state index < -0.39 is 33.5 Å². The second kappa shape index (κ2) is 16.2. The van der Waals surface area contributed by atoms with Crippen molar-refractivity contribution in [3.05, 3.63) is 29.8 Å². The maximum atomic E-state index is 13.2. The summed E-state index contributed by atoms with van der Waals surface area (Å²) >= 11 is 0. The molecule has 0 heterocycles. The van der Waals surface area contributed by atoms with E-state index in [0.29, 0.717) is 0 Å². The molecule has 12 nitrogen and oxygen atoms in total. The maximum absolute atomic E-state index is 13.2. The van der Waals surface area contributed by atoms with Crippen LogP contribution in [0.1, 0.15) is 24.8 Å². The molecule has 0 saturated heterocycles. The summed E-state index contributed by atoms with van der Waals surface area (Å²) in [7, 11) is -0.346. The van der Waals surface area contributed by atoms with Gasteiger partial charge in [-0.3, -0.25) is 14.4 Å². The van der Waals surface area contributed by atoms with Gasteiger partial charge in [-0.25, -0.2) is 8.42 Å². The Kier molecular flexibility index (Phi) is 14.2. The predicted octanol–water partition coefficient (Wildman–Crippen LogP) is 0.751. The molecule has 1 aromatic carbocycles. The van der Waals surface area contributed by atoms with Gasteiger partial charge in [-0.15, -0.1) is 0 Å². The van der Waals surface area contributed by atoms with Crippen LogP contribution in [0.4, 0.5) is 0 Å². The lowest BCUT2D eigenvalue weighted by Crippen LogP contribution is -2.58. The molecule has 0 amide bonds. The fraction of sp³-hybridized carbons (Fsp3) is 0.609. The third kappa shape index (κ3) is 11.9. The number of esters is 3. The molecule has 1 rings (SSSR count). The van der Waals surface area contributed by atoms with Crippen molar-refractivity contribution in [3.8, 4) is 0 Å². The van der Waals surface area contributed by atoms with Gasteiger partial charge in [-0.05, 0) is 19.1 Å². The minimum absolute atomic E-state index is 0.0103. The van der Waals surface area contributed by atoms with Gasteiger partial charge in [0.1, 0.15) is 5.54 Å². The molecule has 0 radical (unpaired) electrons. The van der Waals surface area contributed by atoms with Gasteiger partial charge in [0.15, 0.2) is 0 Å². The van der Waals surface area contributed by atoms with Gasteiger partial charge < -0.3 is 28.4 Å². The highest BCUT2D eigenvalue weighted by atomic mass is 32.2. The highest BCUT2D eigenvalue weighted by Gasteiger charge is 2.37. The number of aryl methyl sites for hydroxylation is 1. The molecule has 1 aromatic rings. The molecule has 0 aliphatic carbocycles. The van der Waals surface area contributed by atoms with E-state index in [2.05, 4.69) is 18.9 Å². The molecule has 0 aromatic heterocycles. The molecule has 0 spiro atoms. The number of rotatable bonds is 18. The van der Waals surface area contributed by atoms with Crippen LogP contribution in [0.2, 0.25) is 0 Å². The van der Waals surface area contributed by atoms with Crippen LogP contribution in [-0.4, -0.2) is 92.8 Å². The van der Waals surface area contributed by atoms with Crippen LogP contribution in [0.5, 0.6) is 0 Å². The number of carbonyl (C=O) groups excluding carboxylic acids is 3. The van der Waals surface area contributed by atoms with Gasteiger partial charge >= 0.3 is 17.9 Å². The van der Waals surface area contributed by atoms with Crippen molar-refractivity contribution in [3.63, 3.8) is 0 Å². The van der Waals surface area contributed by atoms with Crippen molar-refractivity contribution >= 4 is 27.9 Å². The Hall–Kier alpha value is -2.58. The third-order valence-electron chi connectivity index (χ3n) is 4.85. The van der Waals surface area contributed by atoms with E-state index in [-0.39, 0.29) is 63.8 Å². The molecular formula is C23H35NO11S. The summed E-state index contributed by atoms with van der Waals surface area (Å²) in [6, 6.07) is 6.22. The molecule has 0 aliphatic rings. The predicted molar refractivity (Wildman–Crippen MR) is 127 cm³/mol. The molecule has 0 saturated carbocycles. The molecule has 0 atom stereocenters. The van der Waals surface area contributed by atoms with Crippen LogP contribution >= 0.6 is 0 Å². The molecule has 0 aliphatic heterocycles. The number of benzene rings is 1. The molecule has 1 N–H and O–H groups in total. The lowest BCUT2D eigenvalue weighted by Gasteiger charge is -2.34. The van der Waals surface area contributed by atoms with Crippen LogP contribution < -0.4 is 4.72 Å². The zero-order valence-electron chi connectivity index (χ0n) is 21.1. The molecule has 204 valence electrons. The monoisotopic (exact) mass is 533 g/mol. The first kappa shape index (κ1) is 31.4. The van der Waals surface area contributed by atoms with Crippen molar-refractivity contribution in [1.29, 1.82) is 0 Å². The summed E-state index contributed by atoms with van der Waals surface area (Å²) < 4.78 is 59.6. The summed E-state index contributed by atoms with van der Waals surface area (Å²) in [4.78, 5) is 34.3. The van der Waals surface area contributed by atoms with Crippen LogP contribution in [0.15, 0.2) is 29.2 Å². The fourth-order valence-corrected chi connectivity index (χ4v) is 4.21. The van der Waals surface area contributed by atoms with Gasteiger partial charge in [0, 0.05) is 0 Å². The SMILES string of the molecule is COC(=O)CCOCC(COCCC(=O)OC)(COCCC(=O)OC)NS(=O)(=O)c1ccc(C)cc1. The summed E-state index contributed by atoms with van der Waals surface area (Å²) in [5.41, 5.74) is -0.588. The number of hydrogen-bond donors (Lipinski definition) is 1. The zero-order chi connectivity index (χ0) is 27.0. The van der Waals surface area contributed by atoms with Gasteiger partial charge in [-0.2, -0.15) is 4.72 Å². The van der Waals surface area contributed by atoms with Crippen LogP contribution in [0.3, 0.4) is 0 Å². The first-order chi connectivity index (χ1) is 17.1. The number of carbonyl (C=O) groups is 3. The summed E-state index contributed by atoms with van der Waals surface area (Å²) in [5, 5.41) is 0. The Bertz CT molecular complexity index is 872. The average Bonchev–Trinajstić information content (AvgIpc) is 2.86. The molecule has 0 bridgehead atoms. The molecular weight excluding hydrogens is 498 g/mol. The number of hydrogen-bond acceptors (Lipinski definition) is 11. The second-order valence-electron chi connectivity index (χ2n) is 7.84. The highest BCUT2D eigenvalue weighted by molar-refractivity contribution is 7.89. The Labute approximate surface area is 211 Å². The van der Waals surface area contributed by atoms with E-state index >= 15 is 0 Å². The quantitative estimate of drug-likeness (QED) is 0.162. The normalized spacial score (nSPS) is 11.7. The Balaban J connectivity index is 3.12. The second-order valence-corrected chi connectivity index (χ2v) is 9.52. The molecule has 0 fully saturated rings. The molecule has 13 heteroatoms. The lowest BCUT2D eigenvalue weighted by atomic mass is 10.1. The fourth-order valence-electron chi connectivity index (χ4n) is 2.85. The average molecular weight is 534 g/mol. The standard InChI is InChI=1S/C23H35NO11S/c1-18-5-7-19(8-6-18)36(28,29)24-23(15-33-12-9-20(25)30-2,16-34-13-10-21(26)31-3)17-35-14-11-22(27)32-4/h5-8,24H,9-17H2,1-4H3. The van der Waals surface area contributed by atoms with E-state index in [1.165, 1.54) is 33.5 Å². The van der Waals surface area contributed by atoms with Gasteiger partial charge in [0.05, 0.1) is 85.1 Å². The largest absolute Gasteiger partial charge is 0.469 e. The Morgan fingerprint density at radius 3 is 1.42 bits per heavy atom. The number of nitrogens with one attached hydrogen (secondary N) is 1. The smallest absolute Gasteiger partial charge is 0.307 e. The van der Waals surface area contributed by atoms with Crippen LogP contribution in [0, 0.1) is 6.92 Å². The van der Waals surface area contributed by atoms with Gasteiger partial charge in [-0.1, -0.05) is 17.7 Å². The lowest BCUT2D eigenvalue weighted by molar-refractivity contribution is -0.142. The van der Waals surface area contributed by atoms with E-state index in [0.717, 1.165) is 5.56 Å². The summed E-state index contributed by atoms with van der Waals surface area (Å²) in [6.45, 7) is 0.942. The van der Waals surface area contributed by atoms with Crippen molar-refractivity contribution in [1.82, 2.24) is 4.72 Å². The maximum Gasteiger partial charge on any atom is 0.307 e. The minimum atomic E-state index is -4.07. The van der Waals surface area contributed by atoms with Gasteiger partial charge in [0.2, 0.25) is 10.0 Å². The summed E-state index contributed by atoms with van der Waals surface area (Å²) in [6.07, 6.45) is -0.156. The highest BCUT2D eigenvalue weighted by Crippen LogP contribution is 2.17. The minimum Gasteiger partial charge on any atom is -0.469 e. The van der Waals surface area contributed by atoms with Crippen molar-refractivity contribution in [2.75, 3.05) is 61.0 Å². The number of methoxy groups -OCH3 is 3. The van der Waals surface area contributed by atoms with E-state index in [1.54, 1.807) is 12.1 Å². The number of ether oxygens (including phenoxy) is 6. The first-order valence-corrected chi connectivity index (χ1v) is 12.6. The molecule has 36 heavy (non-hydrogen) atoms. The van der Waals surface area contributed by atoms with Crippen LogP contribution in [-0.2, 0) is 52.8 Å². The topological polar surface area (TPSA) is 153 Å². The van der Waals surface area contributed by atoms with E-state index in [9.17, 15) is 22.8 Å². The number of sulfonamides is 1. The van der Waals surface area contributed by atoms with Gasteiger partial charge in [0.25, 0.3) is 0 Å². The van der Waals surface area contributed by atoms with Crippen molar-refractivity contribution in [2.24, 2.45) is 0 Å². The van der Waals surface area contributed by atoms with E-state index in [1.807, 2.05) is 6.92 Å². The zero-order valence-corrected chi connectivity index (χ0v) is 21.9. The Morgan fingerprint density at radius 2 is 1.08 bits per heavy atom. The Morgan fingerprint density at radius 1 is 0.722 bits per heavy atom. The van der Waals surface area contributed by atoms with Crippen molar-refractivity contribution in [2.45, 2.75) is 36.6 Å². The first-order valence-electron chi connectivity index (χ1n) is 11.1. The third-order valence-corrected chi connectivity index (χ3v) is 6.45. The van der Waals surface area contributed by atoms with Crippen LogP contribution in [0.25, 0.3) is 0 Å². The van der Waals surface area contributed by atoms with E-state index in [4.69, 9.17) is 14.2 Å². The molecule has 0 unspecified atom stereocenters. The van der Waals surface area contributed by atoms with Crippen molar-refractivity contribution < 1.29 is 51.2 Å². The summed E-state index contributed by atoms with van der Waals surface area (Å²) in [5.74, 6) is -1.49.